The number of para-hydroxylation sites is 2. The fraction of sp³-hybridized carbons (Fsp3) is 0.0714. The van der Waals surface area contributed by atoms with Gasteiger partial charge >= 0.3 is 0 Å². The van der Waals surface area contributed by atoms with Crippen LogP contribution in [-0.4, -0.2) is 11.7 Å². The maximum absolute atomic E-state index is 11.7. The van der Waals surface area contributed by atoms with Crippen LogP contribution in [0.25, 0.3) is 0 Å². The van der Waals surface area contributed by atoms with Gasteiger partial charge in [0, 0.05) is 16.3 Å². The Balaban J connectivity index is 1.88. The second-order valence-electron chi connectivity index (χ2n) is 3.74. The maximum Gasteiger partial charge on any atom is 0.234 e. The molecule has 2 aromatic carbocycles. The van der Waals surface area contributed by atoms with E-state index in [4.69, 9.17) is 5.73 Å². The molecule has 0 saturated heterocycles. The number of nitrogens with one attached hydrogen (secondary N) is 1. The summed E-state index contributed by atoms with van der Waals surface area (Å²) in [5.74, 6) is 0.317. The Morgan fingerprint density at radius 1 is 1.06 bits per heavy atom. The minimum atomic E-state index is -0.0329. The molecule has 18 heavy (non-hydrogen) atoms. The van der Waals surface area contributed by atoms with E-state index in [1.807, 2.05) is 54.6 Å². The van der Waals surface area contributed by atoms with Gasteiger partial charge in [-0.1, -0.05) is 30.3 Å². The van der Waals surface area contributed by atoms with E-state index in [9.17, 15) is 4.79 Å². The fourth-order valence-electron chi connectivity index (χ4n) is 1.47. The summed E-state index contributed by atoms with van der Waals surface area (Å²) in [6, 6.07) is 16.9. The van der Waals surface area contributed by atoms with Crippen LogP contribution in [0, 0.1) is 0 Å². The average Bonchev–Trinajstić information content (AvgIpc) is 2.39. The Bertz CT molecular complexity index is 528. The molecule has 0 unspecified atom stereocenters. The number of nitrogen functional groups attached to an aromatic ring is 1. The van der Waals surface area contributed by atoms with Gasteiger partial charge in [0.15, 0.2) is 0 Å². The molecule has 0 atom stereocenters. The second-order valence-corrected chi connectivity index (χ2v) is 4.76. The van der Waals surface area contributed by atoms with Gasteiger partial charge in [0.1, 0.15) is 0 Å². The van der Waals surface area contributed by atoms with Gasteiger partial charge in [0.05, 0.1) is 5.75 Å². The summed E-state index contributed by atoms with van der Waals surface area (Å²) < 4.78 is 0. The summed E-state index contributed by atoms with van der Waals surface area (Å²) in [5, 5.41) is 2.83. The van der Waals surface area contributed by atoms with Crippen molar-refractivity contribution < 1.29 is 4.79 Å². The summed E-state index contributed by atoms with van der Waals surface area (Å²) in [5.41, 5.74) is 7.32. The Hall–Kier alpha value is -1.94. The molecule has 0 bridgehead atoms. The molecule has 0 aliphatic heterocycles. The first-order chi connectivity index (χ1) is 8.75. The lowest BCUT2D eigenvalue weighted by molar-refractivity contribution is -0.113. The number of amides is 1. The van der Waals surface area contributed by atoms with E-state index in [2.05, 4.69) is 5.32 Å². The second kappa shape index (κ2) is 6.12. The molecule has 1 amide bonds. The van der Waals surface area contributed by atoms with E-state index in [1.54, 1.807) is 0 Å². The van der Waals surface area contributed by atoms with Crippen molar-refractivity contribution in [2.24, 2.45) is 0 Å². The number of thioether (sulfide) groups is 1. The molecule has 4 heteroatoms. The van der Waals surface area contributed by atoms with E-state index >= 15 is 0 Å². The molecule has 92 valence electrons. The van der Waals surface area contributed by atoms with Crippen LogP contribution in [0.4, 0.5) is 11.4 Å². The van der Waals surface area contributed by atoms with Crippen LogP contribution in [0.1, 0.15) is 0 Å². The van der Waals surface area contributed by atoms with Crippen molar-refractivity contribution in [3.8, 4) is 0 Å². The summed E-state index contributed by atoms with van der Waals surface area (Å²) >= 11 is 1.44. The smallest absolute Gasteiger partial charge is 0.234 e. The average molecular weight is 258 g/mol. The molecule has 2 aromatic rings. The van der Waals surface area contributed by atoms with Crippen molar-refractivity contribution in [1.82, 2.24) is 0 Å². The van der Waals surface area contributed by atoms with Crippen molar-refractivity contribution in [3.05, 3.63) is 54.6 Å². The molecule has 0 heterocycles. The third-order valence-electron chi connectivity index (χ3n) is 2.34. The predicted octanol–water partition coefficient (Wildman–Crippen LogP) is 3.00. The molecule has 3 N–H and O–H groups in total. The first-order valence-electron chi connectivity index (χ1n) is 5.58. The molecule has 3 nitrogen and oxygen atoms in total. The summed E-state index contributed by atoms with van der Waals surface area (Å²) in [6.07, 6.45) is 0. The first kappa shape index (κ1) is 12.5. The van der Waals surface area contributed by atoms with Crippen LogP contribution < -0.4 is 11.1 Å². The van der Waals surface area contributed by atoms with Crippen molar-refractivity contribution in [2.45, 2.75) is 4.90 Å². The number of benzene rings is 2. The minimum Gasteiger partial charge on any atom is -0.398 e. The number of carbonyl (C=O) groups is 1. The van der Waals surface area contributed by atoms with Crippen LogP contribution in [0.15, 0.2) is 59.5 Å². The molecular weight excluding hydrogens is 244 g/mol. The Morgan fingerprint density at radius 2 is 1.72 bits per heavy atom. The maximum atomic E-state index is 11.7. The molecule has 0 aliphatic carbocycles. The van der Waals surface area contributed by atoms with Crippen LogP contribution in [0.2, 0.25) is 0 Å². The van der Waals surface area contributed by atoms with Gasteiger partial charge in [0.25, 0.3) is 0 Å². The summed E-state index contributed by atoms with van der Waals surface area (Å²) in [7, 11) is 0. The quantitative estimate of drug-likeness (QED) is 0.654. The molecule has 0 spiro atoms. The van der Waals surface area contributed by atoms with Crippen LogP contribution >= 0.6 is 11.8 Å². The van der Waals surface area contributed by atoms with E-state index in [-0.39, 0.29) is 5.91 Å². The normalized spacial score (nSPS) is 10.0. The van der Waals surface area contributed by atoms with Gasteiger partial charge in [-0.15, -0.1) is 11.8 Å². The number of rotatable bonds is 4. The minimum absolute atomic E-state index is 0.0329. The highest BCUT2D eigenvalue weighted by Crippen LogP contribution is 2.24. The zero-order valence-electron chi connectivity index (χ0n) is 9.80. The monoisotopic (exact) mass is 258 g/mol. The number of anilines is 2. The lowest BCUT2D eigenvalue weighted by Crippen LogP contribution is -2.13. The van der Waals surface area contributed by atoms with E-state index < -0.39 is 0 Å². The van der Waals surface area contributed by atoms with Crippen LogP contribution in [0.3, 0.4) is 0 Å². The molecular formula is C14H14N2OS. The highest BCUT2D eigenvalue weighted by molar-refractivity contribution is 8.00. The molecule has 0 aromatic heterocycles. The third kappa shape index (κ3) is 3.53. The fourth-order valence-corrected chi connectivity index (χ4v) is 2.24. The van der Waals surface area contributed by atoms with Crippen LogP contribution in [-0.2, 0) is 4.79 Å². The van der Waals surface area contributed by atoms with Gasteiger partial charge in [-0.25, -0.2) is 0 Å². The van der Waals surface area contributed by atoms with Crippen molar-refractivity contribution in [3.63, 3.8) is 0 Å². The highest BCUT2D eigenvalue weighted by atomic mass is 32.2. The standard InChI is InChI=1S/C14H14N2OS/c15-12-8-4-5-9-13(12)18-10-14(17)16-11-6-2-1-3-7-11/h1-9H,10,15H2,(H,16,17). The Kier molecular flexibility index (Phi) is 4.25. The van der Waals surface area contributed by atoms with Gasteiger partial charge < -0.3 is 11.1 Å². The van der Waals surface area contributed by atoms with Gasteiger partial charge in [-0.05, 0) is 24.3 Å². The van der Waals surface area contributed by atoms with E-state index in [0.29, 0.717) is 11.4 Å². The van der Waals surface area contributed by atoms with E-state index in [1.165, 1.54) is 11.8 Å². The van der Waals surface area contributed by atoms with Crippen LogP contribution in [0.5, 0.6) is 0 Å². The van der Waals surface area contributed by atoms with Crippen molar-refractivity contribution in [1.29, 1.82) is 0 Å². The predicted molar refractivity (Wildman–Crippen MR) is 76.7 cm³/mol. The number of nitrogens with two attached hydrogens (primary N) is 1. The molecule has 0 fully saturated rings. The highest BCUT2D eigenvalue weighted by Gasteiger charge is 2.05. The largest absolute Gasteiger partial charge is 0.398 e. The third-order valence-corrected chi connectivity index (χ3v) is 3.42. The summed E-state index contributed by atoms with van der Waals surface area (Å²) in [4.78, 5) is 12.7. The molecule has 0 saturated carbocycles. The number of hydrogen-bond acceptors (Lipinski definition) is 3. The zero-order valence-corrected chi connectivity index (χ0v) is 10.6. The first-order valence-corrected chi connectivity index (χ1v) is 6.56. The lowest BCUT2D eigenvalue weighted by Gasteiger charge is -2.06. The topological polar surface area (TPSA) is 55.1 Å². The molecule has 0 radical (unpaired) electrons. The SMILES string of the molecule is Nc1ccccc1SCC(=O)Nc1ccccc1. The summed E-state index contributed by atoms with van der Waals surface area (Å²) in [6.45, 7) is 0. The Labute approximate surface area is 110 Å². The number of carbonyl (C=O) groups excluding carboxylic acids is 1. The lowest BCUT2D eigenvalue weighted by atomic mass is 10.3. The van der Waals surface area contributed by atoms with E-state index in [0.717, 1.165) is 10.6 Å². The zero-order chi connectivity index (χ0) is 12.8. The molecule has 0 aliphatic rings. The van der Waals surface area contributed by atoms with Crippen molar-refractivity contribution >= 4 is 29.0 Å². The van der Waals surface area contributed by atoms with Gasteiger partial charge in [-0.2, -0.15) is 0 Å². The van der Waals surface area contributed by atoms with Crippen molar-refractivity contribution in [2.75, 3.05) is 16.8 Å². The Morgan fingerprint density at radius 3 is 2.44 bits per heavy atom. The van der Waals surface area contributed by atoms with Gasteiger partial charge in [-0.3, -0.25) is 4.79 Å². The molecule has 2 rings (SSSR count). The number of hydrogen-bond donors (Lipinski definition) is 2. The van der Waals surface area contributed by atoms with Gasteiger partial charge in [0.2, 0.25) is 5.91 Å².